The Labute approximate surface area is 126 Å². The topological polar surface area (TPSA) is 81.4 Å². The summed E-state index contributed by atoms with van der Waals surface area (Å²) in [4.78, 5) is 24.0. The molecule has 0 aliphatic rings. The third-order valence-corrected chi connectivity index (χ3v) is 3.82. The number of benzene rings is 1. The number of hydrogen-bond donors (Lipinski definition) is 2. The largest absolute Gasteiger partial charge is 0.465 e. The Morgan fingerprint density at radius 2 is 2.00 bits per heavy atom. The van der Waals surface area contributed by atoms with Gasteiger partial charge in [0, 0.05) is 0 Å². The summed E-state index contributed by atoms with van der Waals surface area (Å²) in [6.45, 7) is 0. The number of rotatable bonds is 5. The number of hydrogen-bond acceptors (Lipinski definition) is 5. The maximum atomic E-state index is 12.1. The van der Waals surface area contributed by atoms with Gasteiger partial charge < -0.3 is 15.8 Å². The van der Waals surface area contributed by atoms with E-state index in [9.17, 15) is 9.59 Å². The average Bonchev–Trinajstić information content (AvgIpc) is 2.95. The predicted octanol–water partition coefficient (Wildman–Crippen LogP) is 2.04. The molecule has 0 aliphatic heterocycles. The summed E-state index contributed by atoms with van der Waals surface area (Å²) in [6, 6.07) is 10.5. The lowest BCUT2D eigenvalue weighted by atomic mass is 10.1. The van der Waals surface area contributed by atoms with E-state index in [-0.39, 0.29) is 5.91 Å². The molecule has 5 nitrogen and oxygen atoms in total. The van der Waals surface area contributed by atoms with Gasteiger partial charge in [-0.1, -0.05) is 30.3 Å². The van der Waals surface area contributed by atoms with Crippen molar-refractivity contribution in [1.29, 1.82) is 0 Å². The lowest BCUT2D eigenvalue weighted by Gasteiger charge is -2.12. The van der Waals surface area contributed by atoms with Crippen LogP contribution in [0, 0.1) is 0 Å². The molecule has 21 heavy (non-hydrogen) atoms. The number of nitrogens with one attached hydrogen (secondary N) is 1. The van der Waals surface area contributed by atoms with Gasteiger partial charge in [-0.15, -0.1) is 11.3 Å². The highest BCUT2D eigenvalue weighted by Crippen LogP contribution is 2.23. The van der Waals surface area contributed by atoms with Gasteiger partial charge in [0.25, 0.3) is 0 Å². The van der Waals surface area contributed by atoms with Gasteiger partial charge in [-0.25, -0.2) is 4.79 Å². The van der Waals surface area contributed by atoms with Gasteiger partial charge in [-0.3, -0.25) is 4.79 Å². The number of thiophene rings is 1. The standard InChI is InChI=1S/C15H16N2O3S/c1-20-15(19)13-12(7-8-21-13)17-14(18)11(16)9-10-5-3-2-4-6-10/h2-8,11H,9,16H2,1H3,(H,17,18)/t11-/m1/s1. The summed E-state index contributed by atoms with van der Waals surface area (Å²) < 4.78 is 4.66. The molecule has 0 radical (unpaired) electrons. The van der Waals surface area contributed by atoms with Crippen molar-refractivity contribution < 1.29 is 14.3 Å². The fourth-order valence-electron chi connectivity index (χ4n) is 1.84. The van der Waals surface area contributed by atoms with Crippen molar-refractivity contribution in [3.05, 3.63) is 52.2 Å². The minimum atomic E-state index is -0.683. The molecule has 3 N–H and O–H groups in total. The molecule has 0 saturated heterocycles. The summed E-state index contributed by atoms with van der Waals surface area (Å²) in [6.07, 6.45) is 0.435. The van der Waals surface area contributed by atoms with Gasteiger partial charge in [0.2, 0.25) is 5.91 Å². The SMILES string of the molecule is COC(=O)c1sccc1NC(=O)[C@H](N)Cc1ccccc1. The molecule has 0 fully saturated rings. The van der Waals surface area contributed by atoms with Crippen LogP contribution < -0.4 is 11.1 Å². The maximum Gasteiger partial charge on any atom is 0.350 e. The van der Waals surface area contributed by atoms with E-state index < -0.39 is 12.0 Å². The molecule has 0 bridgehead atoms. The first-order valence-corrected chi connectivity index (χ1v) is 7.26. The Kier molecular flexibility index (Phi) is 5.08. The van der Waals surface area contributed by atoms with Crippen molar-refractivity contribution in [2.24, 2.45) is 5.73 Å². The number of anilines is 1. The van der Waals surface area contributed by atoms with E-state index in [1.54, 1.807) is 11.4 Å². The molecule has 2 aromatic rings. The van der Waals surface area contributed by atoms with Crippen LogP contribution in [0.5, 0.6) is 0 Å². The second-order valence-electron chi connectivity index (χ2n) is 4.44. The van der Waals surface area contributed by atoms with Gasteiger partial charge in [0.1, 0.15) is 4.88 Å². The Hall–Kier alpha value is -2.18. The summed E-state index contributed by atoms with van der Waals surface area (Å²) in [7, 11) is 1.30. The van der Waals surface area contributed by atoms with Gasteiger partial charge in [0.05, 0.1) is 18.8 Å². The van der Waals surface area contributed by atoms with E-state index in [0.29, 0.717) is 17.0 Å². The molecule has 1 heterocycles. The molecule has 2 rings (SSSR count). The van der Waals surface area contributed by atoms with Gasteiger partial charge >= 0.3 is 5.97 Å². The molecule has 0 saturated carbocycles. The zero-order valence-corrected chi connectivity index (χ0v) is 12.4. The molecule has 1 aromatic carbocycles. The normalized spacial score (nSPS) is 11.7. The third-order valence-electron chi connectivity index (χ3n) is 2.93. The number of nitrogens with two attached hydrogens (primary N) is 1. The average molecular weight is 304 g/mol. The smallest absolute Gasteiger partial charge is 0.350 e. The van der Waals surface area contributed by atoms with E-state index in [4.69, 9.17) is 5.73 Å². The first-order chi connectivity index (χ1) is 10.1. The summed E-state index contributed by atoms with van der Waals surface area (Å²) in [5.41, 5.74) is 7.32. The number of esters is 1. The lowest BCUT2D eigenvalue weighted by Crippen LogP contribution is -2.37. The zero-order chi connectivity index (χ0) is 15.2. The Morgan fingerprint density at radius 3 is 2.67 bits per heavy atom. The molecule has 0 unspecified atom stereocenters. The van der Waals surface area contributed by atoms with Crippen LogP contribution in [0.3, 0.4) is 0 Å². The highest BCUT2D eigenvalue weighted by atomic mass is 32.1. The summed E-state index contributed by atoms with van der Waals surface area (Å²) >= 11 is 1.21. The van der Waals surface area contributed by atoms with Gasteiger partial charge in [-0.2, -0.15) is 0 Å². The van der Waals surface area contributed by atoms with Gasteiger partial charge in [0.15, 0.2) is 0 Å². The number of ether oxygens (including phenoxy) is 1. The molecule has 110 valence electrons. The van der Waals surface area contributed by atoms with Crippen LogP contribution in [0.25, 0.3) is 0 Å². The minimum absolute atomic E-state index is 0.331. The van der Waals surface area contributed by atoms with Crippen LogP contribution in [0.4, 0.5) is 5.69 Å². The maximum absolute atomic E-state index is 12.1. The van der Waals surface area contributed by atoms with Crippen molar-refractivity contribution in [2.45, 2.75) is 12.5 Å². The highest BCUT2D eigenvalue weighted by Gasteiger charge is 2.19. The number of carbonyl (C=O) groups is 2. The fraction of sp³-hybridized carbons (Fsp3) is 0.200. The van der Waals surface area contributed by atoms with Crippen LogP contribution in [0.1, 0.15) is 15.2 Å². The molecule has 1 atom stereocenters. The first kappa shape index (κ1) is 15.2. The van der Waals surface area contributed by atoms with Crippen LogP contribution >= 0.6 is 11.3 Å². The molecule has 1 aromatic heterocycles. The van der Waals surface area contributed by atoms with Crippen molar-refractivity contribution in [1.82, 2.24) is 0 Å². The van der Waals surface area contributed by atoms with Crippen molar-refractivity contribution >= 4 is 28.9 Å². The molecule has 0 spiro atoms. The van der Waals surface area contributed by atoms with E-state index >= 15 is 0 Å². The fourth-order valence-corrected chi connectivity index (χ4v) is 2.61. The van der Waals surface area contributed by atoms with E-state index in [1.165, 1.54) is 18.4 Å². The molecule has 1 amide bonds. The Balaban J connectivity index is 2.01. The van der Waals surface area contributed by atoms with Crippen LogP contribution in [-0.4, -0.2) is 25.0 Å². The zero-order valence-electron chi connectivity index (χ0n) is 11.5. The molecule has 6 heteroatoms. The number of methoxy groups -OCH3 is 1. The van der Waals surface area contributed by atoms with E-state index in [0.717, 1.165) is 5.56 Å². The van der Waals surface area contributed by atoms with Crippen LogP contribution in [0.15, 0.2) is 41.8 Å². The first-order valence-electron chi connectivity index (χ1n) is 6.38. The summed E-state index contributed by atoms with van der Waals surface area (Å²) in [5, 5.41) is 4.38. The molecule has 0 aliphatic carbocycles. The number of carbonyl (C=O) groups excluding carboxylic acids is 2. The minimum Gasteiger partial charge on any atom is -0.465 e. The van der Waals surface area contributed by atoms with Crippen molar-refractivity contribution in [2.75, 3.05) is 12.4 Å². The Bertz CT molecular complexity index is 625. The third kappa shape index (κ3) is 3.90. The molecular weight excluding hydrogens is 288 g/mol. The number of amides is 1. The Morgan fingerprint density at radius 1 is 1.29 bits per heavy atom. The van der Waals surface area contributed by atoms with Crippen LogP contribution in [-0.2, 0) is 16.0 Å². The second kappa shape index (κ2) is 7.01. The van der Waals surface area contributed by atoms with E-state index in [2.05, 4.69) is 10.1 Å². The molecular formula is C15H16N2O3S. The van der Waals surface area contributed by atoms with E-state index in [1.807, 2.05) is 30.3 Å². The van der Waals surface area contributed by atoms with Crippen LogP contribution in [0.2, 0.25) is 0 Å². The second-order valence-corrected chi connectivity index (χ2v) is 5.36. The summed E-state index contributed by atoms with van der Waals surface area (Å²) in [5.74, 6) is -0.806. The van der Waals surface area contributed by atoms with Crippen molar-refractivity contribution in [3.8, 4) is 0 Å². The lowest BCUT2D eigenvalue weighted by molar-refractivity contribution is -0.117. The quantitative estimate of drug-likeness (QED) is 0.828. The van der Waals surface area contributed by atoms with Gasteiger partial charge in [-0.05, 0) is 23.4 Å². The monoisotopic (exact) mass is 304 g/mol. The predicted molar refractivity (Wildman–Crippen MR) is 82.4 cm³/mol. The highest BCUT2D eigenvalue weighted by molar-refractivity contribution is 7.12. The van der Waals surface area contributed by atoms with Crippen molar-refractivity contribution in [3.63, 3.8) is 0 Å².